The van der Waals surface area contributed by atoms with Gasteiger partial charge < -0.3 is 15.2 Å². The molecule has 3 rings (SSSR count). The van der Waals surface area contributed by atoms with Crippen LogP contribution in [0.5, 0.6) is 0 Å². The standard InChI is InChI=1S/C15H27NO2S/c1-11-14(6-8-18-11)19-13-3-2-7-15(9-13,10-17)16-12-4-5-12/h11-14,16-17H,2-10H2,1H3. The van der Waals surface area contributed by atoms with Gasteiger partial charge in [-0.25, -0.2) is 0 Å². The van der Waals surface area contributed by atoms with Crippen LogP contribution in [0, 0.1) is 0 Å². The fraction of sp³-hybridized carbons (Fsp3) is 1.00. The predicted octanol–water partition coefficient (Wildman–Crippen LogP) is 2.32. The minimum absolute atomic E-state index is 0.0137. The van der Waals surface area contributed by atoms with E-state index in [1.807, 2.05) is 0 Å². The van der Waals surface area contributed by atoms with Crippen LogP contribution in [-0.4, -0.2) is 46.5 Å². The number of thioether (sulfide) groups is 1. The van der Waals surface area contributed by atoms with E-state index in [0.717, 1.165) is 19.4 Å². The lowest BCUT2D eigenvalue weighted by molar-refractivity contribution is 0.120. The Bertz CT molecular complexity index is 311. The highest BCUT2D eigenvalue weighted by atomic mass is 32.2. The van der Waals surface area contributed by atoms with Crippen LogP contribution < -0.4 is 5.32 Å². The number of hydrogen-bond acceptors (Lipinski definition) is 4. The number of aliphatic hydroxyl groups is 1. The van der Waals surface area contributed by atoms with Gasteiger partial charge in [0.1, 0.15) is 0 Å². The SMILES string of the molecule is CC1OCCC1SC1CCCC(CO)(NC2CC2)C1. The molecule has 4 unspecified atom stereocenters. The van der Waals surface area contributed by atoms with E-state index in [4.69, 9.17) is 4.74 Å². The lowest BCUT2D eigenvalue weighted by Crippen LogP contribution is -2.53. The van der Waals surface area contributed by atoms with Crippen molar-refractivity contribution in [3.05, 3.63) is 0 Å². The second-order valence-corrected chi connectivity index (χ2v) is 8.16. The van der Waals surface area contributed by atoms with Crippen molar-refractivity contribution in [3.8, 4) is 0 Å². The van der Waals surface area contributed by atoms with E-state index in [2.05, 4.69) is 24.0 Å². The third-order valence-electron chi connectivity index (χ3n) is 4.86. The van der Waals surface area contributed by atoms with Gasteiger partial charge in [-0.05, 0) is 45.4 Å². The summed E-state index contributed by atoms with van der Waals surface area (Å²) in [7, 11) is 0. The molecule has 19 heavy (non-hydrogen) atoms. The summed E-state index contributed by atoms with van der Waals surface area (Å²) in [6.07, 6.45) is 9.04. The summed E-state index contributed by atoms with van der Waals surface area (Å²) in [4.78, 5) is 0. The topological polar surface area (TPSA) is 41.5 Å². The minimum atomic E-state index is 0.0137. The summed E-state index contributed by atoms with van der Waals surface area (Å²) >= 11 is 2.13. The van der Waals surface area contributed by atoms with Crippen LogP contribution in [0.15, 0.2) is 0 Å². The Labute approximate surface area is 120 Å². The molecule has 0 spiro atoms. The lowest BCUT2D eigenvalue weighted by Gasteiger charge is -2.41. The maximum Gasteiger partial charge on any atom is 0.0666 e. The molecular formula is C15H27NO2S. The van der Waals surface area contributed by atoms with E-state index in [1.54, 1.807) is 0 Å². The van der Waals surface area contributed by atoms with Gasteiger partial charge in [0.15, 0.2) is 0 Å². The average Bonchev–Trinajstić information content (AvgIpc) is 3.13. The first kappa shape index (κ1) is 14.2. The third-order valence-corrected chi connectivity index (χ3v) is 6.62. The fourth-order valence-corrected chi connectivity index (χ4v) is 5.29. The van der Waals surface area contributed by atoms with E-state index >= 15 is 0 Å². The van der Waals surface area contributed by atoms with Crippen LogP contribution >= 0.6 is 11.8 Å². The van der Waals surface area contributed by atoms with E-state index in [1.165, 1.54) is 32.1 Å². The highest BCUT2D eigenvalue weighted by Crippen LogP contribution is 2.41. The lowest BCUT2D eigenvalue weighted by atomic mass is 9.82. The molecule has 1 heterocycles. The normalized spacial score (nSPS) is 43.6. The van der Waals surface area contributed by atoms with Crippen LogP contribution in [0.2, 0.25) is 0 Å². The summed E-state index contributed by atoms with van der Waals surface area (Å²) in [5, 5.41) is 14.9. The molecule has 2 aliphatic carbocycles. The monoisotopic (exact) mass is 285 g/mol. The molecule has 110 valence electrons. The summed E-state index contributed by atoms with van der Waals surface area (Å²) < 4.78 is 5.67. The molecule has 0 aromatic rings. The Hall–Kier alpha value is 0.230. The molecule has 0 bridgehead atoms. The van der Waals surface area contributed by atoms with Gasteiger partial charge in [0.2, 0.25) is 0 Å². The van der Waals surface area contributed by atoms with Gasteiger partial charge in [-0.1, -0.05) is 6.42 Å². The highest BCUT2D eigenvalue weighted by molar-refractivity contribution is 8.00. The second-order valence-electron chi connectivity index (χ2n) is 6.61. The number of aliphatic hydroxyl groups excluding tert-OH is 1. The van der Waals surface area contributed by atoms with Crippen LogP contribution in [0.3, 0.4) is 0 Å². The minimum Gasteiger partial charge on any atom is -0.394 e. The summed E-state index contributed by atoms with van der Waals surface area (Å²) in [6, 6.07) is 0.685. The molecule has 2 saturated carbocycles. The first-order chi connectivity index (χ1) is 9.21. The molecule has 0 aromatic carbocycles. The van der Waals surface area contributed by atoms with E-state index < -0.39 is 0 Å². The number of rotatable bonds is 5. The molecule has 1 aliphatic heterocycles. The number of hydrogen-bond donors (Lipinski definition) is 2. The molecule has 0 aromatic heterocycles. The van der Waals surface area contributed by atoms with Crippen LogP contribution in [0.1, 0.15) is 51.9 Å². The first-order valence-electron chi connectivity index (χ1n) is 7.86. The molecule has 4 heteroatoms. The van der Waals surface area contributed by atoms with E-state index in [9.17, 15) is 5.11 Å². The number of ether oxygens (including phenoxy) is 1. The van der Waals surface area contributed by atoms with E-state index in [-0.39, 0.29) is 5.54 Å². The highest BCUT2D eigenvalue weighted by Gasteiger charge is 2.41. The first-order valence-corrected chi connectivity index (χ1v) is 8.81. The molecule has 3 fully saturated rings. The molecule has 4 atom stereocenters. The van der Waals surface area contributed by atoms with E-state index in [0.29, 0.717) is 29.3 Å². The van der Waals surface area contributed by atoms with Gasteiger partial charge in [0.05, 0.1) is 12.7 Å². The zero-order chi connectivity index (χ0) is 13.3. The smallest absolute Gasteiger partial charge is 0.0666 e. The van der Waals surface area contributed by atoms with Crippen LogP contribution in [0.25, 0.3) is 0 Å². The predicted molar refractivity (Wildman–Crippen MR) is 79.6 cm³/mol. The maximum absolute atomic E-state index is 9.85. The zero-order valence-electron chi connectivity index (χ0n) is 11.9. The molecule has 3 aliphatic rings. The van der Waals surface area contributed by atoms with Crippen molar-refractivity contribution < 1.29 is 9.84 Å². The van der Waals surface area contributed by atoms with Crippen molar-refractivity contribution in [1.82, 2.24) is 5.32 Å². The molecule has 2 N–H and O–H groups in total. The average molecular weight is 285 g/mol. The zero-order valence-corrected chi connectivity index (χ0v) is 12.8. The Kier molecular flexibility index (Phi) is 4.42. The van der Waals surface area contributed by atoms with Gasteiger partial charge in [0, 0.05) is 28.7 Å². The van der Waals surface area contributed by atoms with Gasteiger partial charge in [-0.2, -0.15) is 11.8 Å². The Morgan fingerprint density at radius 2 is 2.16 bits per heavy atom. The van der Waals surface area contributed by atoms with Gasteiger partial charge in [0.25, 0.3) is 0 Å². The maximum atomic E-state index is 9.85. The molecule has 3 nitrogen and oxygen atoms in total. The Morgan fingerprint density at radius 3 is 2.79 bits per heavy atom. The summed E-state index contributed by atoms with van der Waals surface area (Å²) in [5.41, 5.74) is 0.0137. The van der Waals surface area contributed by atoms with Crippen LogP contribution in [-0.2, 0) is 4.74 Å². The Balaban J connectivity index is 1.56. The molecule has 1 saturated heterocycles. The number of nitrogens with one attached hydrogen (secondary N) is 1. The van der Waals surface area contributed by atoms with Gasteiger partial charge in [-0.3, -0.25) is 0 Å². The fourth-order valence-electron chi connectivity index (χ4n) is 3.54. The second kappa shape index (κ2) is 5.92. The summed E-state index contributed by atoms with van der Waals surface area (Å²) in [5.74, 6) is 0. The van der Waals surface area contributed by atoms with Crippen molar-refractivity contribution in [2.45, 2.75) is 80.1 Å². The molecule has 0 amide bonds. The largest absolute Gasteiger partial charge is 0.394 e. The van der Waals surface area contributed by atoms with Gasteiger partial charge in [-0.15, -0.1) is 0 Å². The van der Waals surface area contributed by atoms with Crippen molar-refractivity contribution in [2.24, 2.45) is 0 Å². The van der Waals surface area contributed by atoms with Crippen LogP contribution in [0.4, 0.5) is 0 Å². The molecule has 0 radical (unpaired) electrons. The quantitative estimate of drug-likeness (QED) is 0.813. The third kappa shape index (κ3) is 3.46. The van der Waals surface area contributed by atoms with Gasteiger partial charge >= 0.3 is 0 Å². The van der Waals surface area contributed by atoms with Crippen molar-refractivity contribution in [2.75, 3.05) is 13.2 Å². The Morgan fingerprint density at radius 1 is 1.32 bits per heavy atom. The van der Waals surface area contributed by atoms with Crippen molar-refractivity contribution in [3.63, 3.8) is 0 Å². The summed E-state index contributed by atoms with van der Waals surface area (Å²) in [6.45, 7) is 3.43. The van der Waals surface area contributed by atoms with Crippen molar-refractivity contribution >= 4 is 11.8 Å². The molecular weight excluding hydrogens is 258 g/mol. The van der Waals surface area contributed by atoms with Crippen molar-refractivity contribution in [1.29, 1.82) is 0 Å².